The van der Waals surface area contributed by atoms with Gasteiger partial charge >= 0.3 is 0 Å². The molecular formula is C15H11N3OS. The number of fused-ring (bicyclic) bond motifs is 3. The molecule has 0 bridgehead atoms. The number of aromatic nitrogens is 3. The predicted octanol–water partition coefficient (Wildman–Crippen LogP) is 3.63. The van der Waals surface area contributed by atoms with E-state index in [9.17, 15) is 5.11 Å². The SMILES string of the molecule is Cc1nc(-c2ccncc2)n2c1sc1cc(O)ccc12. The van der Waals surface area contributed by atoms with Gasteiger partial charge in [0.1, 0.15) is 16.4 Å². The molecule has 0 atom stereocenters. The van der Waals surface area contributed by atoms with Crippen LogP contribution in [-0.2, 0) is 0 Å². The zero-order valence-electron chi connectivity index (χ0n) is 10.7. The van der Waals surface area contributed by atoms with Crippen LogP contribution in [0.3, 0.4) is 0 Å². The van der Waals surface area contributed by atoms with Crippen molar-refractivity contribution in [2.24, 2.45) is 0 Å². The quantitative estimate of drug-likeness (QED) is 0.579. The standard InChI is InChI=1S/C15H11N3OS/c1-9-15-18(12-3-2-11(19)8-13(12)20-15)14(17-9)10-4-6-16-7-5-10/h2-8,19H,1H3. The van der Waals surface area contributed by atoms with E-state index in [2.05, 4.69) is 14.4 Å². The number of pyridine rings is 1. The number of nitrogens with zero attached hydrogens (tertiary/aromatic N) is 3. The van der Waals surface area contributed by atoms with Crippen LogP contribution in [-0.4, -0.2) is 19.5 Å². The summed E-state index contributed by atoms with van der Waals surface area (Å²) < 4.78 is 3.20. The zero-order valence-corrected chi connectivity index (χ0v) is 11.6. The van der Waals surface area contributed by atoms with E-state index in [-0.39, 0.29) is 5.75 Å². The third-order valence-corrected chi connectivity index (χ3v) is 4.55. The first-order chi connectivity index (χ1) is 9.74. The van der Waals surface area contributed by atoms with Gasteiger partial charge in [-0.05, 0) is 37.3 Å². The van der Waals surface area contributed by atoms with Gasteiger partial charge in [0.15, 0.2) is 0 Å². The number of aromatic hydroxyl groups is 1. The molecule has 4 nitrogen and oxygen atoms in total. The van der Waals surface area contributed by atoms with E-state index in [1.165, 1.54) is 0 Å². The molecule has 0 saturated heterocycles. The summed E-state index contributed by atoms with van der Waals surface area (Å²) >= 11 is 1.64. The average molecular weight is 281 g/mol. The smallest absolute Gasteiger partial charge is 0.146 e. The highest BCUT2D eigenvalue weighted by atomic mass is 32.1. The van der Waals surface area contributed by atoms with E-state index in [1.807, 2.05) is 25.1 Å². The normalized spacial score (nSPS) is 11.4. The van der Waals surface area contributed by atoms with Gasteiger partial charge in [0, 0.05) is 18.0 Å². The molecule has 0 spiro atoms. The molecule has 0 amide bonds. The second-order valence-corrected chi connectivity index (χ2v) is 5.68. The highest BCUT2D eigenvalue weighted by Crippen LogP contribution is 2.34. The molecule has 0 radical (unpaired) electrons. The maximum atomic E-state index is 9.62. The van der Waals surface area contributed by atoms with Crippen LogP contribution in [0, 0.1) is 6.92 Å². The number of phenols is 1. The van der Waals surface area contributed by atoms with Crippen LogP contribution in [0.25, 0.3) is 26.4 Å². The van der Waals surface area contributed by atoms with Gasteiger partial charge in [0.25, 0.3) is 0 Å². The van der Waals surface area contributed by atoms with Crippen molar-refractivity contribution in [1.82, 2.24) is 14.4 Å². The lowest BCUT2D eigenvalue weighted by atomic mass is 10.2. The largest absolute Gasteiger partial charge is 0.508 e. The van der Waals surface area contributed by atoms with Crippen molar-refractivity contribution in [3.63, 3.8) is 0 Å². The van der Waals surface area contributed by atoms with Gasteiger partial charge in [-0.15, -0.1) is 11.3 Å². The zero-order chi connectivity index (χ0) is 13.7. The Kier molecular flexibility index (Phi) is 2.31. The molecule has 1 N–H and O–H groups in total. The summed E-state index contributed by atoms with van der Waals surface area (Å²) in [6.45, 7) is 2.01. The molecule has 0 saturated carbocycles. The average Bonchev–Trinajstić information content (AvgIpc) is 2.97. The fourth-order valence-electron chi connectivity index (χ4n) is 2.43. The van der Waals surface area contributed by atoms with E-state index in [1.54, 1.807) is 35.9 Å². The summed E-state index contributed by atoms with van der Waals surface area (Å²) in [4.78, 5) is 9.84. The summed E-state index contributed by atoms with van der Waals surface area (Å²) in [7, 11) is 0. The Labute approximate surface area is 119 Å². The Morgan fingerprint density at radius 2 is 1.95 bits per heavy atom. The minimum atomic E-state index is 0.290. The van der Waals surface area contributed by atoms with Crippen LogP contribution in [0.2, 0.25) is 0 Å². The molecule has 3 heterocycles. The van der Waals surface area contributed by atoms with Crippen LogP contribution < -0.4 is 0 Å². The van der Waals surface area contributed by atoms with Crippen molar-refractivity contribution >= 4 is 26.4 Å². The molecule has 3 aromatic heterocycles. The number of aryl methyl sites for hydroxylation is 1. The molecule has 20 heavy (non-hydrogen) atoms. The lowest BCUT2D eigenvalue weighted by Gasteiger charge is -2.00. The van der Waals surface area contributed by atoms with Crippen molar-refractivity contribution in [1.29, 1.82) is 0 Å². The lowest BCUT2D eigenvalue weighted by molar-refractivity contribution is 0.476. The van der Waals surface area contributed by atoms with Crippen LogP contribution >= 0.6 is 11.3 Å². The van der Waals surface area contributed by atoms with Gasteiger partial charge < -0.3 is 5.11 Å². The van der Waals surface area contributed by atoms with Crippen molar-refractivity contribution in [2.75, 3.05) is 0 Å². The van der Waals surface area contributed by atoms with Gasteiger partial charge in [-0.3, -0.25) is 9.38 Å². The Balaban J connectivity index is 2.14. The number of hydrogen-bond donors (Lipinski definition) is 1. The van der Waals surface area contributed by atoms with E-state index in [4.69, 9.17) is 0 Å². The Morgan fingerprint density at radius 3 is 2.75 bits per heavy atom. The Hall–Kier alpha value is -2.40. The van der Waals surface area contributed by atoms with E-state index < -0.39 is 0 Å². The molecule has 5 heteroatoms. The van der Waals surface area contributed by atoms with Gasteiger partial charge in [-0.25, -0.2) is 4.98 Å². The third kappa shape index (κ3) is 1.53. The number of thiazole rings is 1. The van der Waals surface area contributed by atoms with E-state index in [0.29, 0.717) is 0 Å². The minimum absolute atomic E-state index is 0.290. The fourth-order valence-corrected chi connectivity index (χ4v) is 3.55. The number of phenolic OH excluding ortho intramolecular Hbond substituents is 1. The van der Waals surface area contributed by atoms with Gasteiger partial charge in [-0.2, -0.15) is 0 Å². The topological polar surface area (TPSA) is 50.4 Å². The summed E-state index contributed by atoms with van der Waals surface area (Å²) in [5.74, 6) is 1.20. The predicted molar refractivity (Wildman–Crippen MR) is 80.2 cm³/mol. The van der Waals surface area contributed by atoms with Crippen LogP contribution in [0.5, 0.6) is 5.75 Å². The second kappa shape index (κ2) is 4.05. The van der Waals surface area contributed by atoms with E-state index in [0.717, 1.165) is 32.1 Å². The van der Waals surface area contributed by atoms with Crippen molar-refractivity contribution in [2.45, 2.75) is 6.92 Å². The Morgan fingerprint density at radius 1 is 1.15 bits per heavy atom. The lowest BCUT2D eigenvalue weighted by Crippen LogP contribution is -1.87. The van der Waals surface area contributed by atoms with Crippen molar-refractivity contribution < 1.29 is 5.11 Å². The van der Waals surface area contributed by atoms with Crippen molar-refractivity contribution in [3.05, 3.63) is 48.4 Å². The highest BCUT2D eigenvalue weighted by Gasteiger charge is 2.15. The maximum Gasteiger partial charge on any atom is 0.146 e. The molecule has 0 aliphatic carbocycles. The third-order valence-electron chi connectivity index (χ3n) is 3.33. The second-order valence-electron chi connectivity index (χ2n) is 4.65. The van der Waals surface area contributed by atoms with Gasteiger partial charge in [0.05, 0.1) is 15.9 Å². The summed E-state index contributed by atoms with van der Waals surface area (Å²) in [5, 5.41) is 9.62. The summed E-state index contributed by atoms with van der Waals surface area (Å²) in [6, 6.07) is 9.35. The van der Waals surface area contributed by atoms with Crippen LogP contribution in [0.15, 0.2) is 42.7 Å². The first-order valence-corrected chi connectivity index (χ1v) is 7.06. The summed E-state index contributed by atoms with van der Waals surface area (Å²) in [6.07, 6.45) is 3.54. The monoisotopic (exact) mass is 281 g/mol. The molecule has 98 valence electrons. The molecule has 4 rings (SSSR count). The van der Waals surface area contributed by atoms with E-state index >= 15 is 0 Å². The maximum absolute atomic E-state index is 9.62. The van der Waals surface area contributed by atoms with Crippen molar-refractivity contribution in [3.8, 4) is 17.1 Å². The molecule has 0 aliphatic rings. The number of benzene rings is 1. The number of rotatable bonds is 1. The molecule has 0 unspecified atom stereocenters. The first kappa shape index (κ1) is 11.4. The fraction of sp³-hybridized carbons (Fsp3) is 0.0667. The summed E-state index contributed by atoms with van der Waals surface area (Å²) in [5.41, 5.74) is 3.10. The molecule has 4 aromatic rings. The van der Waals surface area contributed by atoms with Crippen LogP contribution in [0.1, 0.15) is 5.69 Å². The molecule has 0 aliphatic heterocycles. The van der Waals surface area contributed by atoms with Gasteiger partial charge in [-0.1, -0.05) is 0 Å². The van der Waals surface area contributed by atoms with Gasteiger partial charge in [0.2, 0.25) is 0 Å². The molecule has 1 aromatic carbocycles. The Bertz CT molecular complexity index is 925. The number of hydrogen-bond acceptors (Lipinski definition) is 4. The number of imidazole rings is 1. The minimum Gasteiger partial charge on any atom is -0.508 e. The van der Waals surface area contributed by atoms with Crippen LogP contribution in [0.4, 0.5) is 0 Å². The highest BCUT2D eigenvalue weighted by molar-refractivity contribution is 7.24. The molecular weight excluding hydrogens is 270 g/mol. The molecule has 0 fully saturated rings. The first-order valence-electron chi connectivity index (χ1n) is 6.25.